The molecule has 2 atom stereocenters. The lowest BCUT2D eigenvalue weighted by Gasteiger charge is -2.23. The number of halogens is 3. The molecule has 2 unspecified atom stereocenters. The first-order chi connectivity index (χ1) is 14.3. The Morgan fingerprint density at radius 2 is 1.77 bits per heavy atom. The van der Waals surface area contributed by atoms with Crippen molar-refractivity contribution in [2.24, 2.45) is 0 Å². The summed E-state index contributed by atoms with van der Waals surface area (Å²) in [6.07, 6.45) is 0.391. The summed E-state index contributed by atoms with van der Waals surface area (Å²) in [6.45, 7) is 4.48. The van der Waals surface area contributed by atoms with Crippen LogP contribution in [0.2, 0.25) is 10.0 Å². The van der Waals surface area contributed by atoms with Crippen LogP contribution in [0.4, 0.5) is 10.1 Å². The summed E-state index contributed by atoms with van der Waals surface area (Å²) in [4.78, 5) is 14.8. The van der Waals surface area contributed by atoms with Gasteiger partial charge in [-0.15, -0.1) is 0 Å². The van der Waals surface area contributed by atoms with Gasteiger partial charge in [0.15, 0.2) is 0 Å². The first kappa shape index (κ1) is 20.9. The van der Waals surface area contributed by atoms with Crippen LogP contribution in [-0.2, 0) is 5.67 Å². The van der Waals surface area contributed by atoms with Gasteiger partial charge in [0.1, 0.15) is 5.67 Å². The van der Waals surface area contributed by atoms with Crippen molar-refractivity contribution in [1.82, 2.24) is 0 Å². The minimum absolute atomic E-state index is 0.0944. The Balaban J connectivity index is 1.55. The quantitative estimate of drug-likeness (QED) is 0.405. The van der Waals surface area contributed by atoms with E-state index in [2.05, 4.69) is 0 Å². The van der Waals surface area contributed by atoms with Gasteiger partial charge in [-0.25, -0.2) is 4.39 Å². The number of hydrogen-bond donors (Lipinski definition) is 0. The lowest BCUT2D eigenvalue weighted by molar-refractivity contribution is 0.0988. The molecule has 0 N–H and O–H groups in total. The molecule has 3 aromatic rings. The van der Waals surface area contributed by atoms with Gasteiger partial charge < -0.3 is 4.90 Å². The first-order valence-electron chi connectivity index (χ1n) is 9.97. The highest BCUT2D eigenvalue weighted by Gasteiger charge is 2.57. The second-order valence-corrected chi connectivity index (χ2v) is 8.52. The molecule has 1 aliphatic carbocycles. The number of benzene rings is 3. The third-order valence-corrected chi connectivity index (χ3v) is 6.56. The molecule has 0 heterocycles. The number of alkyl halides is 1. The Labute approximate surface area is 186 Å². The van der Waals surface area contributed by atoms with E-state index in [1.165, 1.54) is 0 Å². The van der Waals surface area contributed by atoms with Crippen LogP contribution in [0, 0.1) is 6.92 Å². The molecule has 0 saturated heterocycles. The zero-order valence-corrected chi connectivity index (χ0v) is 18.3. The standard InChI is InChI=1S/C25H22Cl2FNO/c1-3-29(23-7-5-4-6-16(23)2)24(30)17-8-11-19(12-9-17)25(28)15-20(25)18-10-13-21(26)22(27)14-18/h4-14,20H,3,15H2,1-2H3. The molecule has 30 heavy (non-hydrogen) atoms. The monoisotopic (exact) mass is 441 g/mol. The second kappa shape index (κ2) is 8.05. The number of carbonyl (C=O) groups is 1. The van der Waals surface area contributed by atoms with Crippen LogP contribution in [0.3, 0.4) is 0 Å². The molecule has 1 fully saturated rings. The topological polar surface area (TPSA) is 20.3 Å². The summed E-state index contributed by atoms with van der Waals surface area (Å²) in [5.41, 5.74) is 2.43. The minimum atomic E-state index is -1.45. The molecule has 1 aliphatic rings. The van der Waals surface area contributed by atoms with Crippen molar-refractivity contribution in [2.45, 2.75) is 31.9 Å². The predicted octanol–water partition coefficient (Wildman–Crippen LogP) is 7.32. The largest absolute Gasteiger partial charge is 0.308 e. The molecule has 0 radical (unpaired) electrons. The van der Waals surface area contributed by atoms with Gasteiger partial charge in [-0.2, -0.15) is 0 Å². The van der Waals surface area contributed by atoms with Crippen molar-refractivity contribution >= 4 is 34.8 Å². The Morgan fingerprint density at radius 1 is 1.07 bits per heavy atom. The molecule has 0 aliphatic heterocycles. The molecule has 2 nitrogen and oxygen atoms in total. The third-order valence-electron chi connectivity index (χ3n) is 5.82. The average Bonchev–Trinajstić information content (AvgIpc) is 3.45. The van der Waals surface area contributed by atoms with Crippen LogP contribution in [0.5, 0.6) is 0 Å². The Morgan fingerprint density at radius 3 is 2.40 bits per heavy atom. The summed E-state index contributed by atoms with van der Waals surface area (Å²) >= 11 is 12.1. The highest BCUT2D eigenvalue weighted by molar-refractivity contribution is 6.42. The summed E-state index contributed by atoms with van der Waals surface area (Å²) in [5.74, 6) is -0.351. The molecule has 154 valence electrons. The van der Waals surface area contributed by atoms with E-state index in [1.54, 1.807) is 41.3 Å². The number of aryl methyl sites for hydroxylation is 1. The molecular weight excluding hydrogens is 420 g/mol. The Hall–Kier alpha value is -2.36. The summed E-state index contributed by atoms with van der Waals surface area (Å²) in [5, 5.41) is 0.891. The summed E-state index contributed by atoms with van der Waals surface area (Å²) in [6, 6.07) is 19.9. The van der Waals surface area contributed by atoms with Crippen molar-refractivity contribution < 1.29 is 9.18 Å². The molecule has 1 amide bonds. The van der Waals surface area contributed by atoms with Crippen LogP contribution >= 0.6 is 23.2 Å². The van der Waals surface area contributed by atoms with E-state index < -0.39 is 5.67 Å². The Bertz CT molecular complexity index is 1100. The number of rotatable bonds is 5. The van der Waals surface area contributed by atoms with Crippen molar-refractivity contribution in [3.63, 3.8) is 0 Å². The zero-order chi connectivity index (χ0) is 21.5. The number of anilines is 1. The van der Waals surface area contributed by atoms with Gasteiger partial charge in [0.25, 0.3) is 5.91 Å². The smallest absolute Gasteiger partial charge is 0.258 e. The van der Waals surface area contributed by atoms with Crippen LogP contribution in [-0.4, -0.2) is 12.5 Å². The van der Waals surface area contributed by atoms with Crippen LogP contribution in [0.25, 0.3) is 0 Å². The summed E-state index contributed by atoms with van der Waals surface area (Å²) < 4.78 is 15.5. The van der Waals surface area contributed by atoms with E-state index >= 15 is 4.39 Å². The van der Waals surface area contributed by atoms with Gasteiger partial charge in [-0.1, -0.05) is 59.6 Å². The fraction of sp³-hybridized carbons (Fsp3) is 0.240. The van der Waals surface area contributed by atoms with Crippen LogP contribution in [0.1, 0.15) is 46.3 Å². The number of carbonyl (C=O) groups excluding carboxylic acids is 1. The maximum absolute atomic E-state index is 15.5. The number of amides is 1. The van der Waals surface area contributed by atoms with Crippen molar-refractivity contribution in [2.75, 3.05) is 11.4 Å². The van der Waals surface area contributed by atoms with Crippen molar-refractivity contribution in [1.29, 1.82) is 0 Å². The highest BCUT2D eigenvalue weighted by Crippen LogP contribution is 2.62. The van der Waals surface area contributed by atoms with Gasteiger partial charge in [0.05, 0.1) is 10.0 Å². The van der Waals surface area contributed by atoms with Crippen molar-refractivity contribution in [3.05, 3.63) is 99.0 Å². The van der Waals surface area contributed by atoms with Crippen molar-refractivity contribution in [3.8, 4) is 0 Å². The van der Waals surface area contributed by atoms with Gasteiger partial charge in [-0.3, -0.25) is 4.79 Å². The maximum atomic E-state index is 15.5. The minimum Gasteiger partial charge on any atom is -0.308 e. The second-order valence-electron chi connectivity index (χ2n) is 7.71. The molecule has 0 bridgehead atoms. The number of nitrogens with zero attached hydrogens (tertiary/aromatic N) is 1. The van der Waals surface area contributed by atoms with E-state index in [4.69, 9.17) is 23.2 Å². The SMILES string of the molecule is CCN(C(=O)c1ccc(C2(F)CC2c2ccc(Cl)c(Cl)c2)cc1)c1ccccc1C. The normalized spacial score (nSPS) is 20.1. The highest BCUT2D eigenvalue weighted by atomic mass is 35.5. The fourth-order valence-corrected chi connectivity index (χ4v) is 4.31. The summed E-state index contributed by atoms with van der Waals surface area (Å²) in [7, 11) is 0. The molecular formula is C25H22Cl2FNO. The van der Waals surface area contributed by atoms with Crippen LogP contribution in [0.15, 0.2) is 66.7 Å². The fourth-order valence-electron chi connectivity index (χ4n) is 4.00. The van der Waals surface area contributed by atoms with Gasteiger partial charge in [-0.05, 0) is 67.3 Å². The van der Waals surface area contributed by atoms with E-state index in [9.17, 15) is 4.79 Å². The van der Waals surface area contributed by atoms with Gasteiger partial charge in [0, 0.05) is 23.7 Å². The predicted molar refractivity (Wildman–Crippen MR) is 122 cm³/mol. The number of para-hydroxylation sites is 1. The lowest BCUT2D eigenvalue weighted by atomic mass is 10.0. The van der Waals surface area contributed by atoms with Crippen LogP contribution < -0.4 is 4.90 Å². The molecule has 3 aromatic carbocycles. The molecule has 0 aromatic heterocycles. The molecule has 1 saturated carbocycles. The molecule has 0 spiro atoms. The van der Waals surface area contributed by atoms with Gasteiger partial charge in [0.2, 0.25) is 0 Å². The average molecular weight is 442 g/mol. The van der Waals surface area contributed by atoms with E-state index in [-0.39, 0.29) is 11.8 Å². The number of hydrogen-bond acceptors (Lipinski definition) is 1. The van der Waals surface area contributed by atoms with E-state index in [0.717, 1.165) is 16.8 Å². The van der Waals surface area contributed by atoms with Gasteiger partial charge >= 0.3 is 0 Å². The lowest BCUT2D eigenvalue weighted by Crippen LogP contribution is -2.31. The third kappa shape index (κ3) is 3.73. The molecule has 5 heteroatoms. The Kier molecular flexibility index (Phi) is 5.61. The van der Waals surface area contributed by atoms with E-state index in [1.807, 2.05) is 44.2 Å². The first-order valence-corrected chi connectivity index (χ1v) is 10.7. The maximum Gasteiger partial charge on any atom is 0.258 e. The molecule has 4 rings (SSSR count). The van der Waals surface area contributed by atoms with E-state index in [0.29, 0.717) is 34.1 Å². The zero-order valence-electron chi connectivity index (χ0n) is 16.8.